The fraction of sp³-hybridized carbons (Fsp3) is 0.438. The number of hydrogen-bond donors (Lipinski definition) is 2. The first-order valence-corrected chi connectivity index (χ1v) is 6.76. The molecule has 1 aromatic rings. The van der Waals surface area contributed by atoms with Gasteiger partial charge in [-0.15, -0.1) is 0 Å². The standard InChI is InChI=1S/C16H24N2O2/c1-16(2,3)10-12-18-15(19)17-11-9-13-5-7-14(20-4)8-6-13/h5-8,10,12H,9,11H2,1-4H3,(H2,17,18,19)/b12-10+. The number of urea groups is 1. The van der Waals surface area contributed by atoms with E-state index in [1.54, 1.807) is 13.3 Å². The van der Waals surface area contributed by atoms with Crippen LogP contribution in [0.25, 0.3) is 0 Å². The molecule has 0 fully saturated rings. The number of benzene rings is 1. The third-order valence-corrected chi connectivity index (χ3v) is 2.66. The summed E-state index contributed by atoms with van der Waals surface area (Å²) in [6, 6.07) is 7.65. The van der Waals surface area contributed by atoms with Gasteiger partial charge in [0, 0.05) is 12.7 Å². The van der Waals surface area contributed by atoms with E-state index in [1.807, 2.05) is 30.3 Å². The lowest BCUT2D eigenvalue weighted by molar-refractivity contribution is 0.244. The van der Waals surface area contributed by atoms with E-state index in [-0.39, 0.29) is 11.4 Å². The van der Waals surface area contributed by atoms with Gasteiger partial charge in [-0.25, -0.2) is 4.79 Å². The molecule has 2 amide bonds. The van der Waals surface area contributed by atoms with Crippen LogP contribution in [0.1, 0.15) is 26.3 Å². The Kier molecular flexibility index (Phi) is 6.10. The van der Waals surface area contributed by atoms with Gasteiger partial charge in [-0.05, 0) is 29.5 Å². The Morgan fingerprint density at radius 1 is 1.25 bits per heavy atom. The summed E-state index contributed by atoms with van der Waals surface area (Å²) in [5.74, 6) is 0.840. The maximum Gasteiger partial charge on any atom is 0.318 e. The molecule has 1 aromatic carbocycles. The van der Waals surface area contributed by atoms with Crippen molar-refractivity contribution in [2.24, 2.45) is 5.41 Å². The average molecular weight is 276 g/mol. The first kappa shape index (κ1) is 16.1. The molecular formula is C16H24N2O2. The summed E-state index contributed by atoms with van der Waals surface area (Å²) < 4.78 is 5.10. The molecule has 0 spiro atoms. The van der Waals surface area contributed by atoms with E-state index in [4.69, 9.17) is 4.74 Å². The van der Waals surface area contributed by atoms with Crippen molar-refractivity contribution in [3.8, 4) is 5.75 Å². The normalized spacial score (nSPS) is 11.4. The van der Waals surface area contributed by atoms with Crippen LogP contribution in [0.5, 0.6) is 5.75 Å². The molecule has 1 rings (SSSR count). The van der Waals surface area contributed by atoms with Crippen molar-refractivity contribution in [3.63, 3.8) is 0 Å². The van der Waals surface area contributed by atoms with E-state index in [2.05, 4.69) is 31.4 Å². The molecule has 0 radical (unpaired) electrons. The van der Waals surface area contributed by atoms with Gasteiger partial charge in [0.15, 0.2) is 0 Å². The number of amides is 2. The van der Waals surface area contributed by atoms with Crippen LogP contribution in [-0.4, -0.2) is 19.7 Å². The maximum absolute atomic E-state index is 11.5. The number of carbonyl (C=O) groups excluding carboxylic acids is 1. The molecule has 0 unspecified atom stereocenters. The van der Waals surface area contributed by atoms with Gasteiger partial charge in [-0.2, -0.15) is 0 Å². The first-order valence-electron chi connectivity index (χ1n) is 6.76. The average Bonchev–Trinajstić information content (AvgIpc) is 2.38. The Morgan fingerprint density at radius 2 is 1.90 bits per heavy atom. The number of nitrogens with one attached hydrogen (secondary N) is 2. The summed E-state index contributed by atoms with van der Waals surface area (Å²) in [6.07, 6.45) is 4.43. The van der Waals surface area contributed by atoms with Gasteiger partial charge in [0.2, 0.25) is 0 Å². The van der Waals surface area contributed by atoms with Gasteiger partial charge in [0.1, 0.15) is 5.75 Å². The topological polar surface area (TPSA) is 50.4 Å². The molecule has 110 valence electrons. The summed E-state index contributed by atoms with van der Waals surface area (Å²) in [6.45, 7) is 6.83. The lowest BCUT2D eigenvalue weighted by Crippen LogP contribution is -2.33. The van der Waals surface area contributed by atoms with E-state index in [0.29, 0.717) is 6.54 Å². The molecule has 0 bridgehead atoms. The number of rotatable bonds is 5. The van der Waals surface area contributed by atoms with Crippen LogP contribution in [0.4, 0.5) is 4.79 Å². The zero-order valence-corrected chi connectivity index (χ0v) is 12.7. The zero-order chi connectivity index (χ0) is 15.0. The molecule has 0 aliphatic carbocycles. The largest absolute Gasteiger partial charge is 0.497 e. The molecule has 0 saturated carbocycles. The Hall–Kier alpha value is -1.97. The number of ether oxygens (including phenoxy) is 1. The van der Waals surface area contributed by atoms with Gasteiger partial charge in [-0.1, -0.05) is 39.0 Å². The van der Waals surface area contributed by atoms with Crippen LogP contribution < -0.4 is 15.4 Å². The molecule has 4 nitrogen and oxygen atoms in total. The Morgan fingerprint density at radius 3 is 2.45 bits per heavy atom. The minimum atomic E-state index is -0.181. The third kappa shape index (κ3) is 6.83. The summed E-state index contributed by atoms with van der Waals surface area (Å²) in [4.78, 5) is 11.5. The van der Waals surface area contributed by atoms with Crippen LogP contribution in [-0.2, 0) is 6.42 Å². The second-order valence-electron chi connectivity index (χ2n) is 5.70. The molecular weight excluding hydrogens is 252 g/mol. The summed E-state index contributed by atoms with van der Waals surface area (Å²) in [5.41, 5.74) is 1.23. The predicted octanol–water partition coefficient (Wildman–Crippen LogP) is 3.10. The Labute approximate surface area is 121 Å². The summed E-state index contributed by atoms with van der Waals surface area (Å²) in [7, 11) is 1.64. The van der Waals surface area contributed by atoms with Crippen molar-refractivity contribution in [2.75, 3.05) is 13.7 Å². The van der Waals surface area contributed by atoms with Crippen molar-refractivity contribution in [1.82, 2.24) is 10.6 Å². The fourth-order valence-corrected chi connectivity index (χ4v) is 1.53. The van der Waals surface area contributed by atoms with Gasteiger partial charge in [0.05, 0.1) is 7.11 Å². The minimum absolute atomic E-state index is 0.0658. The molecule has 0 aliphatic heterocycles. The van der Waals surface area contributed by atoms with Crippen molar-refractivity contribution < 1.29 is 9.53 Å². The van der Waals surface area contributed by atoms with Gasteiger partial charge < -0.3 is 15.4 Å². The lowest BCUT2D eigenvalue weighted by Gasteiger charge is -2.11. The highest BCUT2D eigenvalue weighted by Crippen LogP contribution is 2.13. The van der Waals surface area contributed by atoms with E-state index in [9.17, 15) is 4.79 Å². The SMILES string of the molecule is COc1ccc(CCNC(=O)N/C=C/C(C)(C)C)cc1. The zero-order valence-electron chi connectivity index (χ0n) is 12.7. The third-order valence-electron chi connectivity index (χ3n) is 2.66. The van der Waals surface area contributed by atoms with Gasteiger partial charge in [-0.3, -0.25) is 0 Å². The molecule has 0 atom stereocenters. The molecule has 2 N–H and O–H groups in total. The monoisotopic (exact) mass is 276 g/mol. The van der Waals surface area contributed by atoms with Crippen LogP contribution >= 0.6 is 0 Å². The molecule has 0 saturated heterocycles. The Balaban J connectivity index is 2.26. The second kappa shape index (κ2) is 7.58. The second-order valence-corrected chi connectivity index (χ2v) is 5.70. The molecule has 0 aliphatic rings. The van der Waals surface area contributed by atoms with Gasteiger partial charge >= 0.3 is 6.03 Å². The summed E-state index contributed by atoms with van der Waals surface area (Å²) in [5, 5.41) is 5.51. The van der Waals surface area contributed by atoms with Crippen LogP contribution in [0.3, 0.4) is 0 Å². The molecule has 0 aromatic heterocycles. The highest BCUT2D eigenvalue weighted by atomic mass is 16.5. The van der Waals surface area contributed by atoms with E-state index in [1.165, 1.54) is 0 Å². The fourth-order valence-electron chi connectivity index (χ4n) is 1.53. The van der Waals surface area contributed by atoms with Crippen molar-refractivity contribution in [1.29, 1.82) is 0 Å². The van der Waals surface area contributed by atoms with Crippen LogP contribution in [0, 0.1) is 5.41 Å². The number of allylic oxidation sites excluding steroid dienone is 1. The molecule has 20 heavy (non-hydrogen) atoms. The number of carbonyl (C=O) groups is 1. The molecule has 0 heterocycles. The van der Waals surface area contributed by atoms with E-state index < -0.39 is 0 Å². The molecule has 4 heteroatoms. The Bertz CT molecular complexity index is 445. The number of hydrogen-bond acceptors (Lipinski definition) is 2. The maximum atomic E-state index is 11.5. The predicted molar refractivity (Wildman–Crippen MR) is 81.8 cm³/mol. The van der Waals surface area contributed by atoms with Gasteiger partial charge in [0.25, 0.3) is 0 Å². The van der Waals surface area contributed by atoms with Crippen LogP contribution in [0.15, 0.2) is 36.5 Å². The highest BCUT2D eigenvalue weighted by Gasteiger charge is 2.04. The smallest absolute Gasteiger partial charge is 0.318 e. The van der Waals surface area contributed by atoms with Crippen molar-refractivity contribution in [2.45, 2.75) is 27.2 Å². The minimum Gasteiger partial charge on any atom is -0.497 e. The van der Waals surface area contributed by atoms with E-state index in [0.717, 1.165) is 17.7 Å². The van der Waals surface area contributed by atoms with Crippen molar-refractivity contribution >= 4 is 6.03 Å². The number of methoxy groups -OCH3 is 1. The quantitative estimate of drug-likeness (QED) is 0.868. The first-order chi connectivity index (χ1) is 9.40. The van der Waals surface area contributed by atoms with E-state index >= 15 is 0 Å². The van der Waals surface area contributed by atoms with Crippen molar-refractivity contribution in [3.05, 3.63) is 42.1 Å². The lowest BCUT2D eigenvalue weighted by atomic mass is 9.97. The van der Waals surface area contributed by atoms with Crippen LogP contribution in [0.2, 0.25) is 0 Å². The summed E-state index contributed by atoms with van der Waals surface area (Å²) >= 11 is 0. The highest BCUT2D eigenvalue weighted by molar-refractivity contribution is 5.74.